The van der Waals surface area contributed by atoms with Crippen LogP contribution >= 0.6 is 11.3 Å². The van der Waals surface area contributed by atoms with E-state index < -0.39 is 0 Å². The number of fused-ring (bicyclic) bond motifs is 2. The van der Waals surface area contributed by atoms with E-state index in [1.807, 2.05) is 36.5 Å². The summed E-state index contributed by atoms with van der Waals surface area (Å²) in [6, 6.07) is 22.5. The molecule has 8 heteroatoms. The number of benzene rings is 3. The molecule has 2 amide bonds. The molecule has 0 saturated carbocycles. The number of imide groups is 1. The van der Waals surface area contributed by atoms with Gasteiger partial charge in [-0.25, -0.2) is 9.88 Å². The van der Waals surface area contributed by atoms with Crippen molar-refractivity contribution in [1.82, 2.24) is 14.8 Å². The molecule has 37 heavy (non-hydrogen) atoms. The first-order valence-electron chi connectivity index (χ1n) is 12.3. The van der Waals surface area contributed by atoms with Crippen LogP contribution in [0.5, 0.6) is 5.75 Å². The van der Waals surface area contributed by atoms with Gasteiger partial charge in [-0.2, -0.15) is 0 Å². The minimum atomic E-state index is -0.316. The van der Waals surface area contributed by atoms with Gasteiger partial charge in [-0.15, -0.1) is 11.3 Å². The SMILES string of the molecule is COc1ccc(N2C(=O)/C(=C/N3CCN(Cc4nc5ccccc5s4)CC3)c3ccccc3C2=O)cc1. The molecule has 0 spiro atoms. The zero-order chi connectivity index (χ0) is 25.4. The van der Waals surface area contributed by atoms with Crippen LogP contribution in [0.1, 0.15) is 20.9 Å². The van der Waals surface area contributed by atoms with E-state index in [-0.39, 0.29) is 11.8 Å². The fourth-order valence-electron chi connectivity index (χ4n) is 4.86. The lowest BCUT2D eigenvalue weighted by Crippen LogP contribution is -2.45. The summed E-state index contributed by atoms with van der Waals surface area (Å²) in [6.45, 7) is 4.15. The summed E-state index contributed by atoms with van der Waals surface area (Å²) >= 11 is 1.75. The average Bonchev–Trinajstić information content (AvgIpc) is 3.35. The molecule has 1 saturated heterocycles. The fourth-order valence-corrected chi connectivity index (χ4v) is 5.87. The maximum Gasteiger partial charge on any atom is 0.267 e. The summed E-state index contributed by atoms with van der Waals surface area (Å²) < 4.78 is 6.45. The number of rotatable bonds is 5. The van der Waals surface area contributed by atoms with E-state index >= 15 is 0 Å². The molecule has 0 radical (unpaired) electrons. The van der Waals surface area contributed by atoms with Crippen LogP contribution in [0.3, 0.4) is 0 Å². The second-order valence-electron chi connectivity index (χ2n) is 9.12. The first kappa shape index (κ1) is 23.4. The van der Waals surface area contributed by atoms with Gasteiger partial charge in [-0.05, 0) is 42.5 Å². The Morgan fingerprint density at radius 2 is 1.57 bits per heavy atom. The number of anilines is 1. The van der Waals surface area contributed by atoms with Crippen LogP contribution in [0, 0.1) is 0 Å². The van der Waals surface area contributed by atoms with E-state index in [0.717, 1.165) is 43.2 Å². The minimum absolute atomic E-state index is 0.314. The van der Waals surface area contributed by atoms with Crippen LogP contribution in [-0.2, 0) is 11.3 Å². The number of ether oxygens (including phenoxy) is 1. The van der Waals surface area contributed by atoms with Crippen molar-refractivity contribution < 1.29 is 14.3 Å². The van der Waals surface area contributed by atoms with Gasteiger partial charge in [-0.3, -0.25) is 14.5 Å². The second kappa shape index (κ2) is 9.80. The maximum atomic E-state index is 13.7. The molecule has 186 valence electrons. The monoisotopic (exact) mass is 510 g/mol. The summed E-state index contributed by atoms with van der Waals surface area (Å²) in [6.07, 6.45) is 1.93. The van der Waals surface area contributed by atoms with Crippen LogP contribution in [0.15, 0.2) is 79.0 Å². The van der Waals surface area contributed by atoms with E-state index in [1.165, 1.54) is 9.60 Å². The van der Waals surface area contributed by atoms with E-state index in [1.54, 1.807) is 48.8 Å². The Balaban J connectivity index is 1.22. The van der Waals surface area contributed by atoms with Gasteiger partial charge in [0.15, 0.2) is 0 Å². The molecule has 2 aliphatic rings. The molecule has 0 atom stereocenters. The lowest BCUT2D eigenvalue weighted by Gasteiger charge is -2.35. The molecule has 4 aromatic rings. The third kappa shape index (κ3) is 4.50. The lowest BCUT2D eigenvalue weighted by atomic mass is 9.93. The Bertz CT molecular complexity index is 1470. The average molecular weight is 511 g/mol. The summed E-state index contributed by atoms with van der Waals surface area (Å²) in [7, 11) is 1.59. The van der Waals surface area contributed by atoms with E-state index in [4.69, 9.17) is 9.72 Å². The van der Waals surface area contributed by atoms with Gasteiger partial charge in [0, 0.05) is 43.5 Å². The second-order valence-corrected chi connectivity index (χ2v) is 10.2. The number of nitrogens with zero attached hydrogens (tertiary/aromatic N) is 4. The highest BCUT2D eigenvalue weighted by atomic mass is 32.1. The highest BCUT2D eigenvalue weighted by molar-refractivity contribution is 7.18. The first-order chi connectivity index (χ1) is 18.1. The van der Waals surface area contributed by atoms with Gasteiger partial charge in [0.1, 0.15) is 10.8 Å². The Morgan fingerprint density at radius 3 is 2.30 bits per heavy atom. The van der Waals surface area contributed by atoms with Gasteiger partial charge >= 0.3 is 0 Å². The molecule has 1 fully saturated rings. The number of carbonyl (C=O) groups excluding carboxylic acids is 2. The molecule has 2 aliphatic heterocycles. The van der Waals surface area contributed by atoms with Gasteiger partial charge in [0.25, 0.3) is 11.8 Å². The van der Waals surface area contributed by atoms with E-state index in [0.29, 0.717) is 28.1 Å². The van der Waals surface area contributed by atoms with Crippen molar-refractivity contribution in [3.63, 3.8) is 0 Å². The number of amides is 2. The highest BCUT2D eigenvalue weighted by Gasteiger charge is 2.36. The van der Waals surface area contributed by atoms with Crippen LogP contribution in [-0.4, -0.2) is 59.9 Å². The molecule has 0 bridgehead atoms. The normalized spacial score (nSPS) is 17.5. The topological polar surface area (TPSA) is 66.0 Å². The number of piperazine rings is 1. The number of hydrogen-bond donors (Lipinski definition) is 0. The van der Waals surface area contributed by atoms with E-state index in [9.17, 15) is 9.59 Å². The number of methoxy groups -OCH3 is 1. The molecular formula is C29H26N4O3S. The third-order valence-corrected chi connectivity index (χ3v) is 7.85. The minimum Gasteiger partial charge on any atom is -0.497 e. The predicted molar refractivity (Wildman–Crippen MR) is 146 cm³/mol. The quantitative estimate of drug-likeness (QED) is 0.288. The number of aromatic nitrogens is 1. The smallest absolute Gasteiger partial charge is 0.267 e. The van der Waals surface area contributed by atoms with Gasteiger partial charge in [0.2, 0.25) is 0 Å². The van der Waals surface area contributed by atoms with Gasteiger partial charge in [-0.1, -0.05) is 30.3 Å². The standard InChI is InChI=1S/C29H26N4O3S/c1-36-21-12-10-20(11-13-21)33-28(34)23-7-3-2-6-22(23)24(29(33)35)18-31-14-16-32(17-15-31)19-27-30-25-8-4-5-9-26(25)37-27/h2-13,18H,14-17,19H2,1H3/b24-18+. The number of hydrogen-bond acceptors (Lipinski definition) is 7. The number of carbonyl (C=O) groups is 2. The Labute approximate surface area is 219 Å². The Morgan fingerprint density at radius 1 is 0.865 bits per heavy atom. The van der Waals surface area contributed by atoms with Gasteiger partial charge < -0.3 is 9.64 Å². The van der Waals surface area contributed by atoms with Crippen molar-refractivity contribution in [2.45, 2.75) is 6.54 Å². The van der Waals surface area contributed by atoms with E-state index in [2.05, 4.69) is 21.9 Å². The molecular weight excluding hydrogens is 484 g/mol. The predicted octanol–water partition coefficient (Wildman–Crippen LogP) is 4.65. The van der Waals surface area contributed by atoms with Gasteiger partial charge in [0.05, 0.1) is 35.1 Å². The third-order valence-electron chi connectivity index (χ3n) is 6.83. The van der Waals surface area contributed by atoms with Crippen molar-refractivity contribution in [3.8, 4) is 5.75 Å². The zero-order valence-corrected chi connectivity index (χ0v) is 21.3. The van der Waals surface area contributed by atoms with Crippen LogP contribution < -0.4 is 9.64 Å². The molecule has 0 aliphatic carbocycles. The molecule has 3 aromatic carbocycles. The molecule has 0 N–H and O–H groups in total. The first-order valence-corrected chi connectivity index (χ1v) is 13.1. The number of thiazole rings is 1. The van der Waals surface area contributed by atoms with Crippen LogP contribution in [0.2, 0.25) is 0 Å². The Kier molecular flexibility index (Phi) is 6.20. The van der Waals surface area contributed by atoms with Crippen molar-refractivity contribution in [2.24, 2.45) is 0 Å². The fraction of sp³-hybridized carbons (Fsp3) is 0.207. The summed E-state index contributed by atoms with van der Waals surface area (Å²) in [5, 5.41) is 1.12. The summed E-state index contributed by atoms with van der Waals surface area (Å²) in [5.74, 6) is 0.0369. The zero-order valence-electron chi connectivity index (χ0n) is 20.5. The van der Waals surface area contributed by atoms with Crippen molar-refractivity contribution in [1.29, 1.82) is 0 Å². The van der Waals surface area contributed by atoms with Crippen LogP contribution in [0.25, 0.3) is 15.8 Å². The van der Waals surface area contributed by atoms with Crippen LogP contribution in [0.4, 0.5) is 5.69 Å². The molecule has 1 aromatic heterocycles. The van der Waals surface area contributed by atoms with Crippen molar-refractivity contribution in [2.75, 3.05) is 38.2 Å². The highest BCUT2D eigenvalue weighted by Crippen LogP contribution is 2.33. The lowest BCUT2D eigenvalue weighted by molar-refractivity contribution is -0.112. The summed E-state index contributed by atoms with van der Waals surface area (Å²) in [5.41, 5.74) is 3.32. The Hall–Kier alpha value is -4.01. The largest absolute Gasteiger partial charge is 0.497 e. The molecule has 0 unspecified atom stereocenters. The van der Waals surface area contributed by atoms with Crippen molar-refractivity contribution >= 4 is 44.6 Å². The molecule has 6 rings (SSSR count). The molecule has 7 nitrogen and oxygen atoms in total. The number of para-hydroxylation sites is 1. The molecule has 3 heterocycles. The maximum absolute atomic E-state index is 13.7. The summed E-state index contributed by atoms with van der Waals surface area (Å²) in [4.78, 5) is 37.6. The van der Waals surface area contributed by atoms with Crippen molar-refractivity contribution in [3.05, 3.63) is 95.1 Å².